The summed E-state index contributed by atoms with van der Waals surface area (Å²) in [7, 11) is 0. The van der Waals surface area contributed by atoms with Crippen LogP contribution in [0.4, 0.5) is 0 Å². The van der Waals surface area contributed by atoms with Crippen LogP contribution in [-0.4, -0.2) is 5.78 Å². The lowest BCUT2D eigenvalue weighted by molar-refractivity contribution is -0.116. The fourth-order valence-electron chi connectivity index (χ4n) is 4.15. The van der Waals surface area contributed by atoms with Crippen LogP contribution >= 0.6 is 0 Å². The summed E-state index contributed by atoms with van der Waals surface area (Å²) in [5, 5.41) is 0. The number of allylic oxidation sites excluding steroid dienone is 6. The molecule has 36 heavy (non-hydrogen) atoms. The van der Waals surface area contributed by atoms with E-state index in [2.05, 4.69) is 97.0 Å². The van der Waals surface area contributed by atoms with Crippen LogP contribution in [0.15, 0.2) is 84.0 Å². The Morgan fingerprint density at radius 3 is 2.03 bits per heavy atom. The average molecular weight is 487 g/mol. The standard InChI is InChI=1S/C13H14O.C12H22.C10H14/c1-9(2)13(14)12-8-7-10-5-3-4-6-11(10)12;1-10(2)7-6-8-12(5)9-11(3)4;1-9(2)8-10-6-4-3-5-7-10/h3-6,8-9H,7H2,1-2H3;7,9,11H,6,8H2,1-5H3;3-7,9H,8H2,1-2H3/b;12-9+;. The zero-order valence-corrected chi connectivity index (χ0v) is 24.4. The van der Waals surface area contributed by atoms with Gasteiger partial charge in [-0.05, 0) is 75.0 Å². The third kappa shape index (κ3) is 12.9. The van der Waals surface area contributed by atoms with Gasteiger partial charge in [-0.2, -0.15) is 0 Å². The summed E-state index contributed by atoms with van der Waals surface area (Å²) >= 11 is 0. The Morgan fingerprint density at radius 2 is 1.47 bits per heavy atom. The molecular formula is C35H50O. The number of rotatable bonds is 8. The summed E-state index contributed by atoms with van der Waals surface area (Å²) in [6.45, 7) is 19.4. The lowest BCUT2D eigenvalue weighted by Crippen LogP contribution is -2.08. The Morgan fingerprint density at radius 1 is 0.861 bits per heavy atom. The van der Waals surface area contributed by atoms with E-state index in [1.807, 2.05) is 38.1 Å². The zero-order valence-electron chi connectivity index (χ0n) is 24.4. The van der Waals surface area contributed by atoms with Gasteiger partial charge in [0, 0.05) is 11.5 Å². The van der Waals surface area contributed by atoms with Crippen molar-refractivity contribution in [1.82, 2.24) is 0 Å². The van der Waals surface area contributed by atoms with E-state index in [0.29, 0.717) is 5.92 Å². The highest BCUT2D eigenvalue weighted by atomic mass is 16.1. The maximum Gasteiger partial charge on any atom is 0.165 e. The van der Waals surface area contributed by atoms with Gasteiger partial charge in [0.1, 0.15) is 0 Å². The third-order valence-electron chi connectivity index (χ3n) is 5.82. The van der Waals surface area contributed by atoms with Gasteiger partial charge in [-0.25, -0.2) is 0 Å². The molecule has 0 bridgehead atoms. The molecule has 0 amide bonds. The van der Waals surface area contributed by atoms with E-state index in [4.69, 9.17) is 0 Å². The second kappa shape index (κ2) is 16.9. The Hall–Kier alpha value is -2.67. The van der Waals surface area contributed by atoms with Gasteiger partial charge >= 0.3 is 0 Å². The monoisotopic (exact) mass is 486 g/mol. The minimum absolute atomic E-state index is 0.0902. The molecule has 0 unspecified atom stereocenters. The van der Waals surface area contributed by atoms with Gasteiger partial charge in [0.05, 0.1) is 0 Å². The number of Topliss-reactive ketones (excluding diaryl/α,β-unsaturated/α-hetero) is 1. The van der Waals surface area contributed by atoms with Crippen LogP contribution in [0.2, 0.25) is 0 Å². The second-order valence-corrected chi connectivity index (χ2v) is 11.2. The van der Waals surface area contributed by atoms with Crippen molar-refractivity contribution in [2.45, 2.75) is 88.0 Å². The van der Waals surface area contributed by atoms with Crippen molar-refractivity contribution in [2.75, 3.05) is 0 Å². The Balaban J connectivity index is 0.000000274. The number of fused-ring (bicyclic) bond motifs is 1. The van der Waals surface area contributed by atoms with Crippen LogP contribution in [0.25, 0.3) is 5.57 Å². The van der Waals surface area contributed by atoms with Crippen LogP contribution in [0.3, 0.4) is 0 Å². The van der Waals surface area contributed by atoms with Crippen LogP contribution in [0.5, 0.6) is 0 Å². The number of carbonyl (C=O) groups excluding carboxylic acids is 1. The zero-order chi connectivity index (χ0) is 27.1. The van der Waals surface area contributed by atoms with Gasteiger partial charge in [-0.1, -0.05) is 126 Å². The molecule has 0 fully saturated rings. The molecular weight excluding hydrogens is 436 g/mol. The molecule has 0 aromatic heterocycles. The molecule has 3 rings (SSSR count). The van der Waals surface area contributed by atoms with Crippen molar-refractivity contribution in [3.8, 4) is 0 Å². The molecule has 196 valence electrons. The average Bonchev–Trinajstić information content (AvgIpc) is 3.23. The van der Waals surface area contributed by atoms with Crippen LogP contribution in [0.1, 0.15) is 91.8 Å². The number of carbonyl (C=O) groups is 1. The fourth-order valence-corrected chi connectivity index (χ4v) is 4.15. The molecule has 0 saturated carbocycles. The van der Waals surface area contributed by atoms with E-state index >= 15 is 0 Å². The first-order valence-corrected chi connectivity index (χ1v) is 13.7. The van der Waals surface area contributed by atoms with Gasteiger partial charge < -0.3 is 0 Å². The normalized spacial score (nSPS) is 12.3. The van der Waals surface area contributed by atoms with Crippen molar-refractivity contribution < 1.29 is 4.79 Å². The molecule has 0 atom stereocenters. The molecule has 1 nitrogen and oxygen atoms in total. The van der Waals surface area contributed by atoms with E-state index in [-0.39, 0.29) is 11.7 Å². The van der Waals surface area contributed by atoms with Crippen molar-refractivity contribution in [3.63, 3.8) is 0 Å². The van der Waals surface area contributed by atoms with Gasteiger partial charge in [0.15, 0.2) is 5.78 Å². The lowest BCUT2D eigenvalue weighted by Gasteiger charge is -2.06. The quantitative estimate of drug-likeness (QED) is 0.339. The highest BCUT2D eigenvalue weighted by molar-refractivity contribution is 6.22. The summed E-state index contributed by atoms with van der Waals surface area (Å²) < 4.78 is 0. The first-order chi connectivity index (χ1) is 17.0. The minimum Gasteiger partial charge on any atom is -0.294 e. The van der Waals surface area contributed by atoms with E-state index in [1.165, 1.54) is 41.5 Å². The Kier molecular flexibility index (Phi) is 14.7. The van der Waals surface area contributed by atoms with Crippen LogP contribution < -0.4 is 0 Å². The van der Waals surface area contributed by atoms with Crippen molar-refractivity contribution in [2.24, 2.45) is 17.8 Å². The smallest absolute Gasteiger partial charge is 0.165 e. The molecule has 0 saturated heterocycles. The molecule has 1 aliphatic rings. The maximum atomic E-state index is 11.8. The SMILES string of the molecule is CC(C)=CCC/C(C)=C/C(C)C.CC(C)C(=O)C1=CCc2ccccc21.CC(C)Cc1ccccc1. The largest absolute Gasteiger partial charge is 0.294 e. The molecule has 0 radical (unpaired) electrons. The maximum absolute atomic E-state index is 11.8. The van der Waals surface area contributed by atoms with Gasteiger partial charge in [-0.15, -0.1) is 0 Å². The number of ketones is 1. The van der Waals surface area contributed by atoms with Crippen LogP contribution in [-0.2, 0) is 17.6 Å². The fraction of sp³-hybridized carbons (Fsp3) is 0.457. The first-order valence-electron chi connectivity index (χ1n) is 13.7. The highest BCUT2D eigenvalue weighted by Crippen LogP contribution is 2.29. The Labute approximate surface area is 222 Å². The molecule has 1 heteroatoms. The third-order valence-corrected chi connectivity index (χ3v) is 5.82. The van der Waals surface area contributed by atoms with Gasteiger partial charge in [-0.3, -0.25) is 4.79 Å². The van der Waals surface area contributed by atoms with Gasteiger partial charge in [0.2, 0.25) is 0 Å². The number of benzene rings is 2. The van der Waals surface area contributed by atoms with E-state index in [9.17, 15) is 4.79 Å². The molecule has 0 heterocycles. The van der Waals surface area contributed by atoms with E-state index in [0.717, 1.165) is 23.5 Å². The first kappa shape index (κ1) is 31.4. The van der Waals surface area contributed by atoms with Gasteiger partial charge in [0.25, 0.3) is 0 Å². The molecule has 0 N–H and O–H groups in total. The number of hydrogen-bond donors (Lipinski definition) is 0. The highest BCUT2D eigenvalue weighted by Gasteiger charge is 2.21. The molecule has 2 aromatic rings. The Bertz CT molecular complexity index is 996. The topological polar surface area (TPSA) is 17.1 Å². The predicted octanol–water partition coefficient (Wildman–Crippen LogP) is 10.1. The van der Waals surface area contributed by atoms with Crippen molar-refractivity contribution in [1.29, 1.82) is 0 Å². The summed E-state index contributed by atoms with van der Waals surface area (Å²) in [6.07, 6.45) is 11.2. The molecule has 0 spiro atoms. The second-order valence-electron chi connectivity index (χ2n) is 11.2. The summed E-state index contributed by atoms with van der Waals surface area (Å²) in [5.74, 6) is 1.81. The van der Waals surface area contributed by atoms with E-state index < -0.39 is 0 Å². The van der Waals surface area contributed by atoms with E-state index in [1.54, 1.807) is 0 Å². The minimum atomic E-state index is 0.0902. The van der Waals surface area contributed by atoms with Crippen molar-refractivity contribution >= 4 is 11.4 Å². The molecule has 0 aliphatic heterocycles. The lowest BCUT2D eigenvalue weighted by atomic mass is 9.96. The summed E-state index contributed by atoms with van der Waals surface area (Å²) in [6, 6.07) is 18.8. The summed E-state index contributed by atoms with van der Waals surface area (Å²) in [4.78, 5) is 11.8. The molecule has 2 aromatic carbocycles. The number of hydrogen-bond acceptors (Lipinski definition) is 1. The predicted molar refractivity (Wildman–Crippen MR) is 160 cm³/mol. The van der Waals surface area contributed by atoms with Crippen molar-refractivity contribution in [3.05, 3.63) is 101 Å². The van der Waals surface area contributed by atoms with Crippen LogP contribution in [0, 0.1) is 17.8 Å². The molecule has 1 aliphatic carbocycles. The summed E-state index contributed by atoms with van der Waals surface area (Å²) in [5.41, 5.74) is 7.70.